The first-order valence-electron chi connectivity index (χ1n) is 7.57. The minimum atomic E-state index is -4.85. The normalized spacial score (nSPS) is 12.3. The number of nitrogens with zero attached hydrogens (tertiary/aromatic N) is 3. The molecule has 8 nitrogen and oxygen atoms in total. The Morgan fingerprint density at radius 2 is 1.86 bits per heavy atom. The maximum Gasteiger partial charge on any atom is 0.418 e. The summed E-state index contributed by atoms with van der Waals surface area (Å²) >= 11 is 5.78. The van der Waals surface area contributed by atoms with Crippen LogP contribution in [-0.4, -0.2) is 42.5 Å². The van der Waals surface area contributed by atoms with Crippen LogP contribution >= 0.6 is 11.6 Å². The Kier molecular flexibility index (Phi) is 6.07. The van der Waals surface area contributed by atoms with Gasteiger partial charge in [-0.2, -0.15) is 35.7 Å². The monoisotopic (exact) mass is 456 g/mol. The maximum atomic E-state index is 14.3. The zero-order valence-electron chi connectivity index (χ0n) is 15.0. The van der Waals surface area contributed by atoms with Crippen LogP contribution in [0.4, 0.5) is 17.6 Å². The summed E-state index contributed by atoms with van der Waals surface area (Å²) in [6.45, 7) is 0.883. The first kappa shape index (κ1) is 22.8. The van der Waals surface area contributed by atoms with Crippen LogP contribution in [0.15, 0.2) is 23.1 Å². The summed E-state index contributed by atoms with van der Waals surface area (Å²) in [5.41, 5.74) is -4.57. The summed E-state index contributed by atoms with van der Waals surface area (Å²) in [5, 5.41) is 2.82. The van der Waals surface area contributed by atoms with Gasteiger partial charge in [0.25, 0.3) is 11.5 Å². The highest BCUT2D eigenvalue weighted by molar-refractivity contribution is 7.87. The summed E-state index contributed by atoms with van der Waals surface area (Å²) in [5.74, 6) is -2.42. The third kappa shape index (κ3) is 4.57. The van der Waals surface area contributed by atoms with E-state index in [0.29, 0.717) is 27.3 Å². The molecule has 0 saturated carbocycles. The van der Waals surface area contributed by atoms with Crippen molar-refractivity contribution in [1.82, 2.24) is 18.8 Å². The van der Waals surface area contributed by atoms with E-state index in [1.165, 1.54) is 0 Å². The molecule has 1 aromatic carbocycles. The Morgan fingerprint density at radius 3 is 2.38 bits per heavy atom. The van der Waals surface area contributed by atoms with Crippen LogP contribution in [-0.2, 0) is 16.4 Å². The number of alkyl halides is 3. The van der Waals surface area contributed by atoms with Crippen LogP contribution in [0.5, 0.6) is 0 Å². The zero-order valence-corrected chi connectivity index (χ0v) is 16.6. The second kappa shape index (κ2) is 7.72. The summed E-state index contributed by atoms with van der Waals surface area (Å²) in [6, 6.07) is 1.31. The SMILES string of the molecule is Cc1c(C(F)(F)F)cnn(-c2cc(C(=O)NS(=O)(=O)N(C)C)c(Cl)cc2F)c1=O. The zero-order chi connectivity index (χ0) is 22.3. The van der Waals surface area contributed by atoms with E-state index in [9.17, 15) is 35.6 Å². The molecule has 29 heavy (non-hydrogen) atoms. The maximum absolute atomic E-state index is 14.3. The lowest BCUT2D eigenvalue weighted by molar-refractivity contribution is -0.138. The molecule has 2 aromatic rings. The van der Waals surface area contributed by atoms with Crippen LogP contribution in [0.2, 0.25) is 5.02 Å². The molecule has 1 amide bonds. The Labute approximate surface area is 166 Å². The van der Waals surface area contributed by atoms with Crippen LogP contribution < -0.4 is 10.3 Å². The van der Waals surface area contributed by atoms with Crippen LogP contribution in [0.1, 0.15) is 21.5 Å². The summed E-state index contributed by atoms with van der Waals surface area (Å²) in [4.78, 5) is 24.5. The number of hydrogen-bond acceptors (Lipinski definition) is 5. The third-order valence-corrected chi connectivity index (χ3v) is 5.45. The quantitative estimate of drug-likeness (QED) is 0.708. The fraction of sp³-hybridized carbons (Fsp3) is 0.267. The van der Waals surface area contributed by atoms with Gasteiger partial charge >= 0.3 is 16.4 Å². The largest absolute Gasteiger partial charge is 0.418 e. The van der Waals surface area contributed by atoms with E-state index in [1.54, 1.807) is 4.72 Å². The molecule has 0 atom stereocenters. The molecule has 1 aromatic heterocycles. The topological polar surface area (TPSA) is 101 Å². The molecule has 0 aliphatic heterocycles. The minimum absolute atomic E-state index is 0.313. The van der Waals surface area contributed by atoms with Crippen molar-refractivity contribution >= 4 is 27.7 Å². The van der Waals surface area contributed by atoms with Gasteiger partial charge in [-0.05, 0) is 19.1 Å². The lowest BCUT2D eigenvalue weighted by Crippen LogP contribution is -2.39. The van der Waals surface area contributed by atoms with Crippen molar-refractivity contribution in [1.29, 1.82) is 0 Å². The number of carbonyl (C=O) groups excluding carboxylic acids is 1. The molecule has 0 bridgehead atoms. The number of aromatic nitrogens is 2. The fourth-order valence-electron chi connectivity index (χ4n) is 2.13. The average Bonchev–Trinajstić information content (AvgIpc) is 2.56. The average molecular weight is 457 g/mol. The van der Waals surface area contributed by atoms with Gasteiger partial charge in [-0.15, -0.1) is 0 Å². The van der Waals surface area contributed by atoms with Crippen LogP contribution in [0.3, 0.4) is 0 Å². The molecule has 0 spiro atoms. The van der Waals surface area contributed by atoms with Crippen molar-refractivity contribution in [2.45, 2.75) is 13.1 Å². The lowest BCUT2D eigenvalue weighted by atomic mass is 10.1. The Balaban J connectivity index is 2.63. The van der Waals surface area contributed by atoms with Gasteiger partial charge in [0, 0.05) is 19.7 Å². The highest BCUT2D eigenvalue weighted by Gasteiger charge is 2.34. The summed E-state index contributed by atoms with van der Waals surface area (Å²) < 4.78 is 79.2. The second-order valence-electron chi connectivity index (χ2n) is 5.90. The molecule has 2 rings (SSSR count). The van der Waals surface area contributed by atoms with Crippen molar-refractivity contribution in [2.24, 2.45) is 0 Å². The van der Waals surface area contributed by atoms with Gasteiger partial charge in [0.1, 0.15) is 5.69 Å². The first-order valence-corrected chi connectivity index (χ1v) is 9.38. The van der Waals surface area contributed by atoms with Gasteiger partial charge < -0.3 is 0 Å². The molecule has 0 unspecified atom stereocenters. The van der Waals surface area contributed by atoms with E-state index >= 15 is 0 Å². The molecule has 0 saturated heterocycles. The Bertz CT molecular complexity index is 1150. The van der Waals surface area contributed by atoms with Gasteiger partial charge in [0.15, 0.2) is 5.82 Å². The van der Waals surface area contributed by atoms with E-state index in [2.05, 4.69) is 5.10 Å². The van der Waals surface area contributed by atoms with Crippen LogP contribution in [0, 0.1) is 12.7 Å². The Morgan fingerprint density at radius 1 is 1.28 bits per heavy atom. The summed E-state index contributed by atoms with van der Waals surface area (Å²) in [7, 11) is -1.93. The highest BCUT2D eigenvalue weighted by Crippen LogP contribution is 2.30. The number of carbonyl (C=O) groups is 1. The van der Waals surface area contributed by atoms with E-state index < -0.39 is 61.1 Å². The molecule has 0 fully saturated rings. The predicted molar refractivity (Wildman–Crippen MR) is 94.6 cm³/mol. The van der Waals surface area contributed by atoms with Crippen LogP contribution in [0.25, 0.3) is 5.69 Å². The number of nitrogens with one attached hydrogen (secondary N) is 1. The highest BCUT2D eigenvalue weighted by atomic mass is 35.5. The van der Waals surface area contributed by atoms with E-state index in [0.717, 1.165) is 21.0 Å². The lowest BCUT2D eigenvalue weighted by Gasteiger charge is -2.15. The molecule has 0 aliphatic carbocycles. The molecule has 1 heterocycles. The third-order valence-electron chi connectivity index (χ3n) is 3.74. The predicted octanol–water partition coefficient (Wildman–Crippen LogP) is 1.89. The molecule has 1 N–H and O–H groups in total. The Hall–Kier alpha value is -2.51. The van der Waals surface area contributed by atoms with E-state index in [1.807, 2.05) is 0 Å². The standard InChI is InChI=1S/C15H13ClF4N4O4S/c1-7-9(15(18,19)20)6-21-24(14(7)26)12-4-8(10(16)5-11(12)17)13(25)22-29(27,28)23(2)3/h4-6H,1-3H3,(H,22,25). The number of hydrogen-bond donors (Lipinski definition) is 1. The van der Waals surface area contributed by atoms with Crippen molar-refractivity contribution in [3.63, 3.8) is 0 Å². The fourth-order valence-corrected chi connectivity index (χ4v) is 2.90. The van der Waals surface area contributed by atoms with Gasteiger partial charge in [0.2, 0.25) is 0 Å². The molecule has 158 valence electrons. The minimum Gasteiger partial charge on any atom is -0.268 e. The molecular formula is C15H13ClF4N4O4S. The second-order valence-corrected chi connectivity index (χ2v) is 8.19. The van der Waals surface area contributed by atoms with Crippen molar-refractivity contribution in [3.05, 3.63) is 56.2 Å². The van der Waals surface area contributed by atoms with Gasteiger partial charge in [-0.1, -0.05) is 11.6 Å². The van der Waals surface area contributed by atoms with E-state index in [4.69, 9.17) is 11.6 Å². The smallest absolute Gasteiger partial charge is 0.268 e. The van der Waals surface area contributed by atoms with Gasteiger partial charge in [-0.25, -0.2) is 9.11 Å². The number of amides is 1. The van der Waals surface area contributed by atoms with Crippen molar-refractivity contribution in [3.8, 4) is 5.69 Å². The molecule has 14 heteroatoms. The van der Waals surface area contributed by atoms with Gasteiger partial charge in [0.05, 0.1) is 22.3 Å². The first-order chi connectivity index (χ1) is 13.2. The van der Waals surface area contributed by atoms with Crippen molar-refractivity contribution < 1.29 is 30.8 Å². The van der Waals surface area contributed by atoms with E-state index in [-0.39, 0.29) is 0 Å². The van der Waals surface area contributed by atoms with Gasteiger partial charge in [-0.3, -0.25) is 9.59 Å². The summed E-state index contributed by atoms with van der Waals surface area (Å²) in [6.07, 6.45) is -4.51. The van der Waals surface area contributed by atoms with Crippen molar-refractivity contribution in [2.75, 3.05) is 14.1 Å². The number of rotatable bonds is 4. The number of benzene rings is 1. The molecular weight excluding hydrogens is 444 g/mol. The number of halogens is 5. The molecule has 0 radical (unpaired) electrons. The molecule has 0 aliphatic rings.